The van der Waals surface area contributed by atoms with Crippen LogP contribution in [0.4, 0.5) is 0 Å². The first-order valence-electron chi connectivity index (χ1n) is 5.92. The summed E-state index contributed by atoms with van der Waals surface area (Å²) < 4.78 is 25.9. The van der Waals surface area contributed by atoms with Gasteiger partial charge in [0.1, 0.15) is 9.64 Å². The van der Waals surface area contributed by atoms with E-state index in [2.05, 4.69) is 16.3 Å². The first kappa shape index (κ1) is 14.4. The van der Waals surface area contributed by atoms with Crippen LogP contribution in [0.5, 0.6) is 0 Å². The minimum atomic E-state index is -3.50. The lowest BCUT2D eigenvalue weighted by Crippen LogP contribution is -2.44. The van der Waals surface area contributed by atoms with Gasteiger partial charge in [-0.25, -0.2) is 8.42 Å². The van der Waals surface area contributed by atoms with E-state index >= 15 is 0 Å². The fraction of sp³-hybridized carbons (Fsp3) is 0.636. The normalized spacial score (nSPS) is 20.1. The Kier molecular flexibility index (Phi) is 3.90. The van der Waals surface area contributed by atoms with Crippen LogP contribution < -0.4 is 0 Å². The van der Waals surface area contributed by atoms with Crippen LogP contribution in [-0.2, 0) is 10.0 Å². The standard InChI is InChI=1S/C11H16N4O2S2/c1-9-10(7-13-14-9)19(16,17)15-5-3-11(8-12,18-2)4-6-15/h7H,3-6H2,1-2H3,(H,13,14). The Hall–Kier alpha value is -1.04. The molecule has 0 atom stereocenters. The molecule has 1 saturated heterocycles. The number of nitrogens with one attached hydrogen (secondary N) is 1. The maximum Gasteiger partial charge on any atom is 0.246 e. The van der Waals surface area contributed by atoms with E-state index in [1.807, 2.05) is 6.26 Å². The monoisotopic (exact) mass is 300 g/mol. The molecule has 0 aliphatic carbocycles. The SMILES string of the molecule is CSC1(C#N)CCN(S(=O)(=O)c2cn[nH]c2C)CC1. The first-order valence-corrected chi connectivity index (χ1v) is 8.58. The lowest BCUT2D eigenvalue weighted by Gasteiger charge is -2.35. The highest BCUT2D eigenvalue weighted by molar-refractivity contribution is 8.00. The van der Waals surface area contributed by atoms with Crippen LogP contribution in [0.3, 0.4) is 0 Å². The van der Waals surface area contributed by atoms with Gasteiger partial charge in [0.05, 0.1) is 18.0 Å². The molecule has 0 amide bonds. The third-order valence-electron chi connectivity index (χ3n) is 3.53. The number of hydrogen-bond acceptors (Lipinski definition) is 5. The maximum absolute atomic E-state index is 12.4. The summed E-state index contributed by atoms with van der Waals surface area (Å²) in [4.78, 5) is 0.223. The largest absolute Gasteiger partial charge is 0.281 e. The van der Waals surface area contributed by atoms with Crippen molar-refractivity contribution in [2.45, 2.75) is 29.4 Å². The molecule has 8 heteroatoms. The molecule has 0 bridgehead atoms. The molecule has 104 valence electrons. The summed E-state index contributed by atoms with van der Waals surface area (Å²) in [6.07, 6.45) is 4.35. The van der Waals surface area contributed by atoms with Crippen LogP contribution in [0.25, 0.3) is 0 Å². The molecule has 0 radical (unpaired) electrons. The summed E-state index contributed by atoms with van der Waals surface area (Å²) in [5.74, 6) is 0. The molecule has 2 rings (SSSR count). The minimum absolute atomic E-state index is 0.223. The Morgan fingerprint density at radius 3 is 2.58 bits per heavy atom. The van der Waals surface area contributed by atoms with E-state index in [4.69, 9.17) is 0 Å². The van der Waals surface area contributed by atoms with Crippen LogP contribution in [-0.4, -0.2) is 47.0 Å². The molecule has 0 saturated carbocycles. The van der Waals surface area contributed by atoms with E-state index in [-0.39, 0.29) is 4.90 Å². The van der Waals surface area contributed by atoms with E-state index in [9.17, 15) is 13.7 Å². The van der Waals surface area contributed by atoms with Gasteiger partial charge in [0.15, 0.2) is 0 Å². The Bertz CT molecular complexity index is 594. The van der Waals surface area contributed by atoms with Gasteiger partial charge in [0.2, 0.25) is 10.0 Å². The number of rotatable bonds is 3. The van der Waals surface area contributed by atoms with Crippen molar-refractivity contribution in [2.24, 2.45) is 0 Å². The third-order valence-corrected chi connectivity index (χ3v) is 6.82. The van der Waals surface area contributed by atoms with Gasteiger partial charge in [-0.05, 0) is 26.0 Å². The Morgan fingerprint density at radius 1 is 1.53 bits per heavy atom. The van der Waals surface area contributed by atoms with Gasteiger partial charge in [-0.1, -0.05) is 0 Å². The molecule has 2 heterocycles. The number of aromatic amines is 1. The Labute approximate surface area is 117 Å². The fourth-order valence-corrected chi connectivity index (χ4v) is 4.43. The number of nitriles is 1. The summed E-state index contributed by atoms with van der Waals surface area (Å²) in [7, 11) is -3.50. The molecule has 1 aliphatic heterocycles. The maximum atomic E-state index is 12.4. The molecule has 1 N–H and O–H groups in total. The van der Waals surface area contributed by atoms with E-state index in [0.29, 0.717) is 31.6 Å². The van der Waals surface area contributed by atoms with Crippen molar-refractivity contribution >= 4 is 21.8 Å². The molecule has 0 spiro atoms. The second kappa shape index (κ2) is 5.15. The molecular weight excluding hydrogens is 284 g/mol. The molecule has 0 aromatic carbocycles. The van der Waals surface area contributed by atoms with Crippen LogP contribution in [0.1, 0.15) is 18.5 Å². The van der Waals surface area contributed by atoms with Crippen molar-refractivity contribution in [3.8, 4) is 6.07 Å². The van der Waals surface area contributed by atoms with E-state index in [1.165, 1.54) is 22.3 Å². The molecule has 1 fully saturated rings. The van der Waals surface area contributed by atoms with Crippen LogP contribution in [0.15, 0.2) is 11.1 Å². The van der Waals surface area contributed by atoms with Gasteiger partial charge in [-0.2, -0.15) is 14.7 Å². The van der Waals surface area contributed by atoms with Crippen molar-refractivity contribution in [1.82, 2.24) is 14.5 Å². The Balaban J connectivity index is 2.19. The number of sulfonamides is 1. The van der Waals surface area contributed by atoms with Gasteiger partial charge >= 0.3 is 0 Å². The summed E-state index contributed by atoms with van der Waals surface area (Å²) in [6, 6.07) is 2.31. The number of hydrogen-bond donors (Lipinski definition) is 1. The smallest absolute Gasteiger partial charge is 0.246 e. The fourth-order valence-electron chi connectivity index (χ4n) is 2.19. The zero-order valence-electron chi connectivity index (χ0n) is 10.9. The van der Waals surface area contributed by atoms with Gasteiger partial charge in [0, 0.05) is 13.1 Å². The number of aromatic nitrogens is 2. The third kappa shape index (κ3) is 2.50. The average Bonchev–Trinajstić information content (AvgIpc) is 2.86. The number of piperidine rings is 1. The van der Waals surface area contributed by atoms with Crippen LogP contribution in [0, 0.1) is 18.3 Å². The van der Waals surface area contributed by atoms with Crippen LogP contribution in [0.2, 0.25) is 0 Å². The summed E-state index contributed by atoms with van der Waals surface area (Å²) in [5, 5.41) is 15.6. The molecule has 0 unspecified atom stereocenters. The van der Waals surface area contributed by atoms with E-state index in [1.54, 1.807) is 6.92 Å². The zero-order valence-corrected chi connectivity index (χ0v) is 12.5. The lowest BCUT2D eigenvalue weighted by molar-refractivity contribution is 0.327. The number of nitrogens with zero attached hydrogens (tertiary/aromatic N) is 3. The zero-order chi connectivity index (χ0) is 14.1. The predicted octanol–water partition coefficient (Wildman–Crippen LogP) is 1.13. The van der Waals surface area contributed by atoms with Gasteiger partial charge in [-0.3, -0.25) is 5.10 Å². The molecule has 1 aromatic heterocycles. The van der Waals surface area contributed by atoms with Gasteiger partial charge < -0.3 is 0 Å². The highest BCUT2D eigenvalue weighted by Gasteiger charge is 2.38. The highest BCUT2D eigenvalue weighted by atomic mass is 32.2. The second-order valence-electron chi connectivity index (χ2n) is 4.57. The van der Waals surface area contributed by atoms with Crippen molar-refractivity contribution in [2.75, 3.05) is 19.3 Å². The molecule has 1 aromatic rings. The highest BCUT2D eigenvalue weighted by Crippen LogP contribution is 2.35. The van der Waals surface area contributed by atoms with Crippen molar-refractivity contribution in [3.63, 3.8) is 0 Å². The predicted molar refractivity (Wildman–Crippen MR) is 73.2 cm³/mol. The quantitative estimate of drug-likeness (QED) is 0.903. The van der Waals surface area contributed by atoms with Gasteiger partial charge in [0.25, 0.3) is 0 Å². The Morgan fingerprint density at radius 2 is 2.16 bits per heavy atom. The molecule has 1 aliphatic rings. The van der Waals surface area contributed by atoms with Gasteiger partial charge in [-0.15, -0.1) is 11.8 Å². The second-order valence-corrected chi connectivity index (χ2v) is 7.67. The number of thioether (sulfide) groups is 1. The van der Waals surface area contributed by atoms with Crippen molar-refractivity contribution in [3.05, 3.63) is 11.9 Å². The summed E-state index contributed by atoms with van der Waals surface area (Å²) in [6.45, 7) is 2.44. The average molecular weight is 300 g/mol. The van der Waals surface area contributed by atoms with Crippen molar-refractivity contribution < 1.29 is 8.42 Å². The minimum Gasteiger partial charge on any atom is -0.281 e. The summed E-state index contributed by atoms with van der Waals surface area (Å²) >= 11 is 1.51. The lowest BCUT2D eigenvalue weighted by atomic mass is 9.99. The molecular formula is C11H16N4O2S2. The summed E-state index contributed by atoms with van der Waals surface area (Å²) in [5.41, 5.74) is 0.544. The van der Waals surface area contributed by atoms with Crippen LogP contribution >= 0.6 is 11.8 Å². The molecule has 19 heavy (non-hydrogen) atoms. The molecule has 6 nitrogen and oxygen atoms in total. The van der Waals surface area contributed by atoms with E-state index in [0.717, 1.165) is 0 Å². The van der Waals surface area contributed by atoms with Crippen molar-refractivity contribution in [1.29, 1.82) is 5.26 Å². The van der Waals surface area contributed by atoms with E-state index < -0.39 is 14.8 Å². The number of H-pyrrole nitrogens is 1. The topological polar surface area (TPSA) is 89.8 Å². The first-order chi connectivity index (χ1) is 8.95. The number of aryl methyl sites for hydroxylation is 1.